The molecule has 1 aliphatic carbocycles. The van der Waals surface area contributed by atoms with E-state index in [2.05, 4.69) is 63.8 Å². The molecular weight excluding hydrogens is 619 g/mol. The van der Waals surface area contributed by atoms with Crippen LogP contribution in [0.4, 0.5) is 0 Å². The van der Waals surface area contributed by atoms with Gasteiger partial charge in [-0.25, -0.2) is 9.97 Å². The van der Waals surface area contributed by atoms with Crippen molar-refractivity contribution in [3.8, 4) is 29.1 Å². The quantitative estimate of drug-likeness (QED) is 0.128. The van der Waals surface area contributed by atoms with Gasteiger partial charge in [0.1, 0.15) is 30.6 Å². The molecule has 1 saturated carbocycles. The van der Waals surface area contributed by atoms with Gasteiger partial charge in [-0.05, 0) is 75.7 Å². The van der Waals surface area contributed by atoms with E-state index < -0.39 is 8.07 Å². The van der Waals surface area contributed by atoms with Gasteiger partial charge >= 0.3 is 0 Å². The maximum Gasteiger partial charge on any atom is 0.145 e. The van der Waals surface area contributed by atoms with Gasteiger partial charge in [-0.2, -0.15) is 15.6 Å². The van der Waals surface area contributed by atoms with Crippen molar-refractivity contribution in [3.05, 3.63) is 60.3 Å². The number of rotatable bonds is 13. The molecule has 252 valence electrons. The predicted octanol–water partition coefficient (Wildman–Crippen LogP) is 5.86. The Morgan fingerprint density at radius 3 is 2.58 bits per heavy atom. The molecule has 1 saturated heterocycles. The molecule has 11 nitrogen and oxygen atoms in total. The van der Waals surface area contributed by atoms with Crippen molar-refractivity contribution in [2.24, 2.45) is 0 Å². The van der Waals surface area contributed by atoms with Gasteiger partial charge in [0.15, 0.2) is 0 Å². The minimum Gasteiger partial charge on any atom is -0.490 e. The second-order valence-electron chi connectivity index (χ2n) is 15.0. The molecule has 48 heavy (non-hydrogen) atoms. The van der Waals surface area contributed by atoms with Gasteiger partial charge in [-0.1, -0.05) is 19.6 Å². The number of benzene rings is 1. The molecule has 0 N–H and O–H groups in total. The van der Waals surface area contributed by atoms with E-state index in [1.807, 2.05) is 53.9 Å². The smallest absolute Gasteiger partial charge is 0.145 e. The summed E-state index contributed by atoms with van der Waals surface area (Å²) in [6.07, 6.45) is 11.7. The molecule has 1 aliphatic heterocycles. The number of nitrogens with zero attached hydrogens (tertiary/aromatic N) is 9. The maximum absolute atomic E-state index is 9.83. The Kier molecular flexibility index (Phi) is 10.00. The van der Waals surface area contributed by atoms with Crippen LogP contribution in [0.15, 0.2) is 49.2 Å². The number of piperidine rings is 1. The summed E-state index contributed by atoms with van der Waals surface area (Å²) >= 11 is 0. The first-order chi connectivity index (χ1) is 23.1. The Balaban J connectivity index is 1.07. The van der Waals surface area contributed by atoms with Crippen LogP contribution < -0.4 is 4.74 Å². The summed E-state index contributed by atoms with van der Waals surface area (Å²) < 4.78 is 16.4. The number of likely N-dealkylation sites (tertiary alicyclic amines) is 1. The van der Waals surface area contributed by atoms with E-state index in [1.165, 1.54) is 0 Å². The zero-order chi connectivity index (χ0) is 33.9. The van der Waals surface area contributed by atoms with Crippen molar-refractivity contribution in [1.29, 1.82) is 10.5 Å². The molecule has 2 aliphatic rings. The highest BCUT2D eigenvalue weighted by atomic mass is 28.3. The van der Waals surface area contributed by atoms with Crippen molar-refractivity contribution < 1.29 is 9.47 Å². The Labute approximate surface area is 284 Å². The first kappa shape index (κ1) is 33.8. The lowest BCUT2D eigenvalue weighted by atomic mass is 9.69. The van der Waals surface area contributed by atoms with Crippen LogP contribution in [0.5, 0.6) is 5.75 Å². The summed E-state index contributed by atoms with van der Waals surface area (Å²) in [5.41, 5.74) is 3.99. The molecule has 6 rings (SSSR count). The third-order valence-electron chi connectivity index (χ3n) is 9.65. The van der Waals surface area contributed by atoms with E-state index in [9.17, 15) is 10.5 Å². The van der Waals surface area contributed by atoms with E-state index in [0.717, 1.165) is 91.6 Å². The average Bonchev–Trinajstić information content (AvgIpc) is 3.69. The molecular formula is C36H47N9O2Si. The highest BCUT2D eigenvalue weighted by molar-refractivity contribution is 6.76. The van der Waals surface area contributed by atoms with Gasteiger partial charge in [-0.15, -0.1) is 0 Å². The SMILES string of the molecule is CN(C)Cc1cc(C#N)cc(OC2CCN(C3CC(CC#N)(n4cc(-c5ncnc6c5ccn6COCC[Si](C)(C)C)cn4)C3)CC2)c1. The van der Waals surface area contributed by atoms with Crippen molar-refractivity contribution >= 4 is 19.1 Å². The van der Waals surface area contributed by atoms with Crippen LogP contribution in [0, 0.1) is 22.7 Å². The first-order valence-electron chi connectivity index (χ1n) is 17.0. The molecule has 4 aromatic rings. The number of hydrogen-bond acceptors (Lipinski definition) is 9. The number of nitriles is 2. The van der Waals surface area contributed by atoms with Crippen molar-refractivity contribution in [2.75, 3.05) is 33.8 Å². The van der Waals surface area contributed by atoms with Crippen molar-refractivity contribution in [1.82, 2.24) is 34.1 Å². The van der Waals surface area contributed by atoms with E-state index in [4.69, 9.17) is 14.6 Å². The minimum atomic E-state index is -1.15. The molecule has 0 atom stereocenters. The predicted molar refractivity (Wildman–Crippen MR) is 188 cm³/mol. The second kappa shape index (κ2) is 14.2. The third-order valence-corrected chi connectivity index (χ3v) is 11.4. The van der Waals surface area contributed by atoms with E-state index >= 15 is 0 Å². The van der Waals surface area contributed by atoms with Crippen molar-refractivity contribution in [2.45, 2.75) is 88.7 Å². The number of fused-ring (bicyclic) bond motifs is 1. The average molecular weight is 666 g/mol. The Morgan fingerprint density at radius 2 is 1.88 bits per heavy atom. The zero-order valence-corrected chi connectivity index (χ0v) is 29.9. The monoisotopic (exact) mass is 665 g/mol. The summed E-state index contributed by atoms with van der Waals surface area (Å²) in [6, 6.07) is 14.1. The molecule has 0 amide bonds. The van der Waals surface area contributed by atoms with E-state index in [0.29, 0.717) is 24.8 Å². The van der Waals surface area contributed by atoms with Gasteiger partial charge < -0.3 is 18.9 Å². The number of aromatic nitrogens is 5. The molecule has 12 heteroatoms. The maximum atomic E-state index is 9.83. The topological polar surface area (TPSA) is 121 Å². The zero-order valence-electron chi connectivity index (χ0n) is 28.9. The van der Waals surface area contributed by atoms with Crippen LogP contribution in [-0.2, 0) is 23.6 Å². The fraction of sp³-hybridized carbons (Fsp3) is 0.528. The number of ether oxygens (including phenoxy) is 2. The fourth-order valence-corrected chi connectivity index (χ4v) is 7.78. The summed E-state index contributed by atoms with van der Waals surface area (Å²) in [7, 11) is 2.89. The number of hydrogen-bond donors (Lipinski definition) is 0. The molecule has 4 heterocycles. The van der Waals surface area contributed by atoms with Crippen LogP contribution in [0.1, 0.15) is 43.2 Å². The second-order valence-corrected chi connectivity index (χ2v) is 20.6. The van der Waals surface area contributed by atoms with Crippen LogP contribution in [0.25, 0.3) is 22.3 Å². The molecule has 0 bridgehead atoms. The Morgan fingerprint density at radius 1 is 1.08 bits per heavy atom. The van der Waals surface area contributed by atoms with Crippen LogP contribution in [0.2, 0.25) is 25.7 Å². The lowest BCUT2D eigenvalue weighted by molar-refractivity contribution is -0.0207. The van der Waals surface area contributed by atoms with Crippen LogP contribution in [0.3, 0.4) is 0 Å². The van der Waals surface area contributed by atoms with Crippen LogP contribution >= 0.6 is 0 Å². The molecule has 0 spiro atoms. The van der Waals surface area contributed by atoms with Gasteiger partial charge in [0.05, 0.1) is 41.6 Å². The lowest BCUT2D eigenvalue weighted by Gasteiger charge is -2.52. The van der Waals surface area contributed by atoms with E-state index in [1.54, 1.807) is 6.33 Å². The van der Waals surface area contributed by atoms with Crippen molar-refractivity contribution in [3.63, 3.8) is 0 Å². The van der Waals surface area contributed by atoms with Gasteiger partial charge in [0, 0.05) is 63.7 Å². The Hall–Kier alpha value is -4.07. The largest absolute Gasteiger partial charge is 0.490 e. The molecule has 3 aromatic heterocycles. The molecule has 0 unspecified atom stereocenters. The molecule has 2 fully saturated rings. The summed E-state index contributed by atoms with van der Waals surface area (Å²) in [4.78, 5) is 13.8. The minimum absolute atomic E-state index is 0.122. The molecule has 1 aromatic carbocycles. The highest BCUT2D eigenvalue weighted by Gasteiger charge is 2.49. The summed E-state index contributed by atoms with van der Waals surface area (Å²) in [6.45, 7) is 10.9. The van der Waals surface area contributed by atoms with E-state index in [-0.39, 0.29) is 11.6 Å². The summed E-state index contributed by atoms with van der Waals surface area (Å²) in [5.74, 6) is 0.777. The normalized spacial score (nSPS) is 20.5. The third kappa shape index (κ3) is 7.63. The standard InChI is InChI=1S/C36H47N9O2Si/c1-42(2)23-28-16-27(21-38)17-32(18-28)47-31-6-11-43(12-7-31)30-19-36(20-30,9-10-37)45-24-29(22-41-45)34-33-8-13-44(35(33)40-25-39-34)26-46-14-15-48(3,4)5/h8,13,16-18,22,24-25,30-31H,6-7,9,11-12,14-15,19-20,23,26H2,1-5H3. The van der Waals surface area contributed by atoms with Gasteiger partial charge in [0.2, 0.25) is 0 Å². The van der Waals surface area contributed by atoms with Gasteiger partial charge in [0.25, 0.3) is 0 Å². The molecule has 0 radical (unpaired) electrons. The fourth-order valence-electron chi connectivity index (χ4n) is 7.02. The summed E-state index contributed by atoms with van der Waals surface area (Å²) in [5, 5.41) is 25.1. The highest BCUT2D eigenvalue weighted by Crippen LogP contribution is 2.45. The Bertz CT molecular complexity index is 1800. The lowest BCUT2D eigenvalue weighted by Crippen LogP contribution is -2.58. The van der Waals surface area contributed by atoms with Gasteiger partial charge in [-0.3, -0.25) is 9.58 Å². The first-order valence-corrected chi connectivity index (χ1v) is 20.7. The van der Waals surface area contributed by atoms with Crippen LogP contribution in [-0.4, -0.2) is 88.1 Å².